The largest absolute Gasteiger partial charge is 0.493 e. The highest BCUT2D eigenvalue weighted by Crippen LogP contribution is 2.48. The molecule has 0 aromatic heterocycles. The Kier molecular flexibility index (Phi) is 8.74. The van der Waals surface area contributed by atoms with Crippen LogP contribution in [-0.2, 0) is 37.8 Å². The summed E-state index contributed by atoms with van der Waals surface area (Å²) in [5.74, 6) is 0.345. The van der Waals surface area contributed by atoms with Gasteiger partial charge in [0.1, 0.15) is 17.9 Å². The van der Waals surface area contributed by atoms with Crippen LogP contribution in [0.15, 0.2) is 11.6 Å². The van der Waals surface area contributed by atoms with Crippen LogP contribution >= 0.6 is 7.60 Å². The first kappa shape index (κ1) is 25.9. The van der Waals surface area contributed by atoms with Gasteiger partial charge in [0.15, 0.2) is 0 Å². The van der Waals surface area contributed by atoms with Gasteiger partial charge in [-0.05, 0) is 43.9 Å². The van der Waals surface area contributed by atoms with E-state index in [1.807, 2.05) is 13.0 Å². The molecule has 0 spiro atoms. The van der Waals surface area contributed by atoms with Crippen molar-refractivity contribution in [1.29, 1.82) is 0 Å². The molecule has 2 rings (SSSR count). The summed E-state index contributed by atoms with van der Waals surface area (Å²) in [6.45, 7) is 13.9. The molecule has 1 aliphatic rings. The lowest BCUT2D eigenvalue weighted by atomic mass is 9.89. The molecule has 6 nitrogen and oxygen atoms in total. The third kappa shape index (κ3) is 6.32. The number of esters is 1. The standard InChI is InChI=1S/C23H37O6PSi/c1-9-18-17(3)20-14-29-23(24)21(20)22(28-12-13-31(6,7)8)19(18)11-10-16(2)15-30(25,26-4)27-5/h10H,9,11-15H2,1-8H3/b16-10+. The first-order valence-electron chi connectivity index (χ1n) is 10.8. The molecule has 1 heterocycles. The van der Waals surface area contributed by atoms with E-state index < -0.39 is 15.7 Å². The Balaban J connectivity index is 2.47. The molecule has 0 bridgehead atoms. The summed E-state index contributed by atoms with van der Waals surface area (Å²) in [7, 11) is -1.62. The highest BCUT2D eigenvalue weighted by Gasteiger charge is 2.32. The summed E-state index contributed by atoms with van der Waals surface area (Å²) >= 11 is 0. The lowest BCUT2D eigenvalue weighted by Gasteiger charge is -2.22. The highest BCUT2D eigenvalue weighted by molar-refractivity contribution is 7.54. The Morgan fingerprint density at radius 1 is 1.19 bits per heavy atom. The minimum atomic E-state index is -3.13. The second kappa shape index (κ2) is 10.5. The summed E-state index contributed by atoms with van der Waals surface area (Å²) in [6, 6.07) is 1.01. The number of rotatable bonds is 11. The van der Waals surface area contributed by atoms with Crippen LogP contribution in [0.1, 0.15) is 46.5 Å². The van der Waals surface area contributed by atoms with Crippen LogP contribution in [0.4, 0.5) is 0 Å². The molecule has 0 atom stereocenters. The smallest absolute Gasteiger partial charge is 0.342 e. The van der Waals surface area contributed by atoms with Crippen molar-refractivity contribution in [3.63, 3.8) is 0 Å². The van der Waals surface area contributed by atoms with E-state index in [2.05, 4.69) is 33.5 Å². The molecule has 31 heavy (non-hydrogen) atoms. The van der Waals surface area contributed by atoms with Crippen LogP contribution in [-0.4, -0.2) is 41.0 Å². The van der Waals surface area contributed by atoms with Crippen LogP contribution in [0.2, 0.25) is 25.7 Å². The molecule has 1 aromatic carbocycles. The molecule has 0 aliphatic carbocycles. The summed E-state index contributed by atoms with van der Waals surface area (Å²) in [4.78, 5) is 12.6. The topological polar surface area (TPSA) is 71.1 Å². The van der Waals surface area contributed by atoms with Gasteiger partial charge in [-0.3, -0.25) is 4.57 Å². The molecule has 0 saturated heterocycles. The highest BCUT2D eigenvalue weighted by atomic mass is 31.2. The van der Waals surface area contributed by atoms with E-state index in [0.717, 1.165) is 34.7 Å². The lowest BCUT2D eigenvalue weighted by Crippen LogP contribution is -2.23. The second-order valence-corrected chi connectivity index (χ2v) is 17.1. The van der Waals surface area contributed by atoms with Crippen LogP contribution in [0.25, 0.3) is 0 Å². The first-order valence-corrected chi connectivity index (χ1v) is 16.2. The molecule has 0 N–H and O–H groups in total. The summed E-state index contributed by atoms with van der Waals surface area (Å²) < 4.78 is 34.3. The zero-order valence-corrected chi connectivity index (χ0v) is 22.1. The Labute approximate surface area is 187 Å². The predicted molar refractivity (Wildman–Crippen MR) is 127 cm³/mol. The van der Waals surface area contributed by atoms with Crippen molar-refractivity contribution in [2.24, 2.45) is 0 Å². The normalized spacial score (nSPS) is 14.6. The zero-order valence-electron chi connectivity index (χ0n) is 20.2. The number of ether oxygens (including phenoxy) is 2. The minimum absolute atomic E-state index is 0.221. The first-order chi connectivity index (χ1) is 14.5. The molecule has 0 fully saturated rings. The molecule has 1 aliphatic heterocycles. The molecular formula is C23H37O6PSi. The Morgan fingerprint density at radius 3 is 2.39 bits per heavy atom. The van der Waals surface area contributed by atoms with Gasteiger partial charge in [-0.2, -0.15) is 0 Å². The van der Waals surface area contributed by atoms with Crippen LogP contribution < -0.4 is 4.74 Å². The maximum Gasteiger partial charge on any atom is 0.342 e. The van der Waals surface area contributed by atoms with E-state index in [4.69, 9.17) is 18.5 Å². The van der Waals surface area contributed by atoms with Crippen molar-refractivity contribution in [1.82, 2.24) is 0 Å². The van der Waals surface area contributed by atoms with E-state index in [1.165, 1.54) is 19.8 Å². The van der Waals surface area contributed by atoms with Crippen molar-refractivity contribution in [3.05, 3.63) is 39.5 Å². The Bertz CT molecular complexity index is 893. The van der Waals surface area contributed by atoms with Gasteiger partial charge in [0.2, 0.25) is 0 Å². The van der Waals surface area contributed by atoms with Gasteiger partial charge in [-0.1, -0.05) is 38.2 Å². The van der Waals surface area contributed by atoms with Gasteiger partial charge < -0.3 is 18.5 Å². The second-order valence-electron chi connectivity index (χ2n) is 9.24. The van der Waals surface area contributed by atoms with E-state index in [9.17, 15) is 9.36 Å². The van der Waals surface area contributed by atoms with Gasteiger partial charge >= 0.3 is 13.6 Å². The molecule has 174 valence electrons. The number of carbonyl (C=O) groups is 1. The van der Waals surface area contributed by atoms with E-state index in [0.29, 0.717) is 30.9 Å². The summed E-state index contributed by atoms with van der Waals surface area (Å²) in [5, 5.41) is 0. The maximum atomic E-state index is 12.6. The van der Waals surface area contributed by atoms with Crippen LogP contribution in [0.3, 0.4) is 0 Å². The number of hydrogen-bond donors (Lipinski definition) is 0. The Morgan fingerprint density at radius 2 is 1.84 bits per heavy atom. The number of hydrogen-bond acceptors (Lipinski definition) is 6. The Hall–Kier alpha value is -1.40. The van der Waals surface area contributed by atoms with Gasteiger partial charge in [-0.15, -0.1) is 0 Å². The fourth-order valence-corrected chi connectivity index (χ4v) is 5.65. The third-order valence-corrected chi connectivity index (χ3v) is 9.43. The quantitative estimate of drug-likeness (QED) is 0.174. The molecule has 0 radical (unpaired) electrons. The van der Waals surface area contributed by atoms with Crippen molar-refractivity contribution < 1.29 is 27.9 Å². The van der Waals surface area contributed by atoms with Gasteiger partial charge in [0.05, 0.1) is 12.8 Å². The lowest BCUT2D eigenvalue weighted by molar-refractivity contribution is 0.0532. The fraction of sp³-hybridized carbons (Fsp3) is 0.609. The van der Waals surface area contributed by atoms with Gasteiger partial charge in [0, 0.05) is 33.4 Å². The molecule has 1 aromatic rings. The van der Waals surface area contributed by atoms with Crippen molar-refractivity contribution in [3.8, 4) is 5.75 Å². The fourth-order valence-electron chi connectivity index (χ4n) is 3.79. The number of cyclic esters (lactones) is 1. The average Bonchev–Trinajstić information content (AvgIpc) is 3.09. The third-order valence-electron chi connectivity index (χ3n) is 5.73. The maximum absolute atomic E-state index is 12.6. The number of allylic oxidation sites excluding steroid dienone is 2. The summed E-state index contributed by atoms with van der Waals surface area (Å²) in [6.07, 6.45) is 3.65. The monoisotopic (exact) mass is 468 g/mol. The van der Waals surface area contributed by atoms with E-state index in [1.54, 1.807) is 0 Å². The number of benzene rings is 1. The minimum Gasteiger partial charge on any atom is -0.493 e. The predicted octanol–water partition coefficient (Wildman–Crippen LogP) is 5.92. The van der Waals surface area contributed by atoms with Gasteiger partial charge in [-0.25, -0.2) is 4.79 Å². The summed E-state index contributed by atoms with van der Waals surface area (Å²) in [5.41, 5.74) is 5.72. The van der Waals surface area contributed by atoms with Crippen LogP contribution in [0, 0.1) is 6.92 Å². The van der Waals surface area contributed by atoms with Crippen LogP contribution in [0.5, 0.6) is 5.75 Å². The number of carbonyl (C=O) groups excluding carboxylic acids is 1. The van der Waals surface area contributed by atoms with Crippen molar-refractivity contribution in [2.75, 3.05) is 27.0 Å². The average molecular weight is 469 g/mol. The molecule has 0 amide bonds. The SMILES string of the molecule is CCc1c(C)c2c(c(OCC[Si](C)(C)C)c1C/C=C(\C)CP(=O)(OC)OC)C(=O)OC2. The molecule has 8 heteroatoms. The van der Waals surface area contributed by atoms with Crippen molar-refractivity contribution in [2.45, 2.75) is 65.9 Å². The number of fused-ring (bicyclic) bond motifs is 1. The van der Waals surface area contributed by atoms with Crippen molar-refractivity contribution >= 4 is 21.6 Å². The molecule has 0 saturated carbocycles. The zero-order chi connectivity index (χ0) is 23.4. The van der Waals surface area contributed by atoms with E-state index in [-0.39, 0.29) is 12.1 Å². The van der Waals surface area contributed by atoms with E-state index >= 15 is 0 Å². The molecular weight excluding hydrogens is 431 g/mol. The molecule has 0 unspecified atom stereocenters. The van der Waals surface area contributed by atoms with Gasteiger partial charge in [0.25, 0.3) is 0 Å².